The summed E-state index contributed by atoms with van der Waals surface area (Å²) in [5, 5.41) is 9.29. The van der Waals surface area contributed by atoms with Crippen LogP contribution >= 0.6 is 0 Å². The Bertz CT molecular complexity index is 683. The molecule has 23 heavy (non-hydrogen) atoms. The lowest BCUT2D eigenvalue weighted by atomic mass is 9.85. The van der Waals surface area contributed by atoms with Crippen molar-refractivity contribution in [1.29, 1.82) is 0 Å². The number of hydrogen-bond donors (Lipinski definition) is 2. The van der Waals surface area contributed by atoms with Gasteiger partial charge in [-0.2, -0.15) is 0 Å². The summed E-state index contributed by atoms with van der Waals surface area (Å²) in [6.45, 7) is 6.67. The Morgan fingerprint density at radius 1 is 1.26 bits per heavy atom. The first-order valence-electron chi connectivity index (χ1n) is 8.60. The first-order valence-corrected chi connectivity index (χ1v) is 8.60. The number of carboxylic acid groups (broad SMARTS) is 1. The van der Waals surface area contributed by atoms with Crippen LogP contribution < -0.4 is 0 Å². The number of aromatic carboxylic acids is 1. The molecule has 2 N–H and O–H groups in total. The lowest BCUT2D eigenvalue weighted by Gasteiger charge is -2.35. The number of aromatic nitrogens is 2. The van der Waals surface area contributed by atoms with E-state index in [1.54, 1.807) is 12.1 Å². The fourth-order valence-corrected chi connectivity index (χ4v) is 3.87. The average Bonchev–Trinajstić information content (AvgIpc) is 3.00. The Balaban J connectivity index is 1.77. The van der Waals surface area contributed by atoms with Gasteiger partial charge in [0.2, 0.25) is 0 Å². The standard InChI is InChI=1S/C18H25N3O2/c1-3-21(4-2)13-10-8-12(9-11-13)17-19-15-7-5-6-14(18(22)23)16(15)20-17/h5-7,12-13H,3-4,8-11H2,1-2H3,(H,19,20)(H,22,23). The largest absolute Gasteiger partial charge is 0.478 e. The molecule has 1 heterocycles. The average molecular weight is 315 g/mol. The number of H-pyrrole nitrogens is 1. The highest BCUT2D eigenvalue weighted by molar-refractivity contribution is 6.00. The maximum atomic E-state index is 11.3. The molecule has 0 saturated heterocycles. The molecule has 1 saturated carbocycles. The van der Waals surface area contributed by atoms with E-state index in [1.807, 2.05) is 6.07 Å². The number of para-hydroxylation sites is 1. The molecule has 1 aromatic heterocycles. The summed E-state index contributed by atoms with van der Waals surface area (Å²) in [5.74, 6) is 0.446. The smallest absolute Gasteiger partial charge is 0.337 e. The highest BCUT2D eigenvalue weighted by atomic mass is 16.4. The first kappa shape index (κ1) is 16.0. The van der Waals surface area contributed by atoms with E-state index in [0.717, 1.165) is 37.3 Å². The molecule has 0 radical (unpaired) electrons. The number of rotatable bonds is 5. The molecule has 0 unspecified atom stereocenters. The van der Waals surface area contributed by atoms with Crippen molar-refractivity contribution in [3.8, 4) is 0 Å². The first-order chi connectivity index (χ1) is 11.1. The van der Waals surface area contributed by atoms with Gasteiger partial charge in [0.15, 0.2) is 0 Å². The lowest BCUT2D eigenvalue weighted by molar-refractivity contribution is 0.0699. The molecule has 3 rings (SSSR count). The molecule has 0 aliphatic heterocycles. The minimum Gasteiger partial charge on any atom is -0.478 e. The molecule has 2 aromatic rings. The van der Waals surface area contributed by atoms with E-state index >= 15 is 0 Å². The molecule has 5 heteroatoms. The molecule has 0 bridgehead atoms. The van der Waals surface area contributed by atoms with Crippen molar-refractivity contribution >= 4 is 17.0 Å². The van der Waals surface area contributed by atoms with Crippen molar-refractivity contribution in [2.45, 2.75) is 51.5 Å². The number of benzene rings is 1. The van der Waals surface area contributed by atoms with Gasteiger partial charge in [0.25, 0.3) is 0 Å². The molecule has 5 nitrogen and oxygen atoms in total. The third kappa shape index (κ3) is 3.11. The summed E-state index contributed by atoms with van der Waals surface area (Å²) in [5.41, 5.74) is 1.69. The van der Waals surface area contributed by atoms with Crippen LogP contribution in [0.5, 0.6) is 0 Å². The van der Waals surface area contributed by atoms with Crippen LogP contribution in [0, 0.1) is 0 Å². The van der Waals surface area contributed by atoms with Gasteiger partial charge in [-0.25, -0.2) is 9.78 Å². The summed E-state index contributed by atoms with van der Waals surface area (Å²) in [6, 6.07) is 5.97. The van der Waals surface area contributed by atoms with Crippen molar-refractivity contribution in [1.82, 2.24) is 14.9 Å². The number of nitrogens with zero attached hydrogens (tertiary/aromatic N) is 2. The molecule has 0 atom stereocenters. The zero-order valence-corrected chi connectivity index (χ0v) is 13.9. The van der Waals surface area contributed by atoms with Crippen LogP contribution in [0.4, 0.5) is 0 Å². The topological polar surface area (TPSA) is 69.2 Å². The van der Waals surface area contributed by atoms with Crippen LogP contribution in [0.2, 0.25) is 0 Å². The second kappa shape index (κ2) is 6.71. The number of carbonyl (C=O) groups is 1. The van der Waals surface area contributed by atoms with Crippen LogP contribution in [-0.2, 0) is 0 Å². The van der Waals surface area contributed by atoms with Crippen LogP contribution in [0.25, 0.3) is 11.0 Å². The molecule has 124 valence electrons. The fraction of sp³-hybridized carbons (Fsp3) is 0.556. The van der Waals surface area contributed by atoms with Crippen molar-refractivity contribution < 1.29 is 9.90 Å². The molecule has 0 amide bonds. The second-order valence-corrected chi connectivity index (χ2v) is 6.36. The van der Waals surface area contributed by atoms with Crippen molar-refractivity contribution in [2.24, 2.45) is 0 Å². The Morgan fingerprint density at radius 2 is 1.96 bits per heavy atom. The molecular formula is C18H25N3O2. The zero-order valence-electron chi connectivity index (χ0n) is 13.9. The van der Waals surface area contributed by atoms with E-state index in [9.17, 15) is 9.90 Å². The quantitative estimate of drug-likeness (QED) is 0.884. The van der Waals surface area contributed by atoms with Crippen molar-refractivity contribution in [2.75, 3.05) is 13.1 Å². The van der Waals surface area contributed by atoms with E-state index in [4.69, 9.17) is 0 Å². The van der Waals surface area contributed by atoms with E-state index in [2.05, 4.69) is 28.7 Å². The number of hydrogen-bond acceptors (Lipinski definition) is 3. The molecule has 1 aliphatic carbocycles. The number of imidazole rings is 1. The van der Waals surface area contributed by atoms with Gasteiger partial charge in [-0.05, 0) is 50.9 Å². The van der Waals surface area contributed by atoms with E-state index in [1.165, 1.54) is 12.8 Å². The third-order valence-electron chi connectivity index (χ3n) is 5.17. The summed E-state index contributed by atoms with van der Waals surface area (Å²) >= 11 is 0. The van der Waals surface area contributed by atoms with Gasteiger partial charge >= 0.3 is 5.97 Å². The highest BCUT2D eigenvalue weighted by Gasteiger charge is 2.27. The maximum absolute atomic E-state index is 11.3. The van der Waals surface area contributed by atoms with Crippen LogP contribution in [-0.4, -0.2) is 45.1 Å². The Kier molecular flexibility index (Phi) is 4.66. The molecule has 1 fully saturated rings. The predicted octanol–water partition coefficient (Wildman–Crippen LogP) is 3.63. The number of aromatic amines is 1. The maximum Gasteiger partial charge on any atom is 0.337 e. The monoisotopic (exact) mass is 315 g/mol. The molecule has 0 spiro atoms. The van der Waals surface area contributed by atoms with Gasteiger partial charge < -0.3 is 15.0 Å². The van der Waals surface area contributed by atoms with Gasteiger partial charge in [0.1, 0.15) is 11.3 Å². The minimum absolute atomic E-state index is 0.279. The lowest BCUT2D eigenvalue weighted by Crippen LogP contribution is -2.37. The number of fused-ring (bicyclic) bond motifs is 1. The summed E-state index contributed by atoms with van der Waals surface area (Å²) in [4.78, 5) is 21.8. The molecular weight excluding hydrogens is 290 g/mol. The number of carboxylic acids is 1. The van der Waals surface area contributed by atoms with Gasteiger partial charge in [0.05, 0.1) is 11.1 Å². The Morgan fingerprint density at radius 3 is 2.57 bits per heavy atom. The van der Waals surface area contributed by atoms with Crippen molar-refractivity contribution in [3.63, 3.8) is 0 Å². The van der Waals surface area contributed by atoms with Crippen LogP contribution in [0.1, 0.15) is 61.6 Å². The summed E-state index contributed by atoms with van der Waals surface area (Å²) in [6.07, 6.45) is 4.61. The predicted molar refractivity (Wildman–Crippen MR) is 91.0 cm³/mol. The van der Waals surface area contributed by atoms with Crippen molar-refractivity contribution in [3.05, 3.63) is 29.6 Å². The van der Waals surface area contributed by atoms with Gasteiger partial charge in [-0.1, -0.05) is 19.9 Å². The number of nitrogens with one attached hydrogen (secondary N) is 1. The Hall–Kier alpha value is -1.88. The fourth-order valence-electron chi connectivity index (χ4n) is 3.87. The van der Waals surface area contributed by atoms with Gasteiger partial charge in [-0.3, -0.25) is 0 Å². The van der Waals surface area contributed by atoms with Gasteiger partial charge in [0, 0.05) is 12.0 Å². The molecule has 1 aromatic carbocycles. The van der Waals surface area contributed by atoms with Crippen LogP contribution in [0.3, 0.4) is 0 Å². The van der Waals surface area contributed by atoms with E-state index in [-0.39, 0.29) is 5.56 Å². The van der Waals surface area contributed by atoms with E-state index < -0.39 is 5.97 Å². The highest BCUT2D eigenvalue weighted by Crippen LogP contribution is 2.34. The minimum atomic E-state index is -0.918. The third-order valence-corrected chi connectivity index (χ3v) is 5.17. The van der Waals surface area contributed by atoms with Crippen LogP contribution in [0.15, 0.2) is 18.2 Å². The van der Waals surface area contributed by atoms with Gasteiger partial charge in [-0.15, -0.1) is 0 Å². The van der Waals surface area contributed by atoms with E-state index in [0.29, 0.717) is 17.5 Å². The SMILES string of the molecule is CCN(CC)C1CCC(c2nc3c(C(=O)O)cccc3[nH]2)CC1. The second-order valence-electron chi connectivity index (χ2n) is 6.36. The Labute approximate surface area is 136 Å². The zero-order chi connectivity index (χ0) is 16.4. The molecule has 1 aliphatic rings. The summed E-state index contributed by atoms with van der Waals surface area (Å²) in [7, 11) is 0. The summed E-state index contributed by atoms with van der Waals surface area (Å²) < 4.78 is 0. The normalized spacial score (nSPS) is 21.9.